The van der Waals surface area contributed by atoms with Crippen molar-refractivity contribution in [2.24, 2.45) is 0 Å². The number of rotatable bonds is 9. The summed E-state index contributed by atoms with van der Waals surface area (Å²) in [7, 11) is -1.89. The number of nitrogens with one attached hydrogen (secondary N) is 2. The molecule has 1 rings (SSSR count). The van der Waals surface area contributed by atoms with Crippen molar-refractivity contribution >= 4 is 21.4 Å². The summed E-state index contributed by atoms with van der Waals surface area (Å²) in [5.74, 6) is 0. The van der Waals surface area contributed by atoms with Crippen LogP contribution in [0, 0.1) is 0 Å². The number of hydrogen-bond acceptors (Lipinski definition) is 5. The van der Waals surface area contributed by atoms with Gasteiger partial charge in [-0.2, -0.15) is 0 Å². The molecule has 1 aromatic heterocycles. The van der Waals surface area contributed by atoms with Gasteiger partial charge in [0.2, 0.25) is 10.0 Å². The number of thiophene rings is 1. The normalized spacial score (nSPS) is 12.8. The summed E-state index contributed by atoms with van der Waals surface area (Å²) in [5.41, 5.74) is -0.518. The van der Waals surface area contributed by atoms with Gasteiger partial charge in [0, 0.05) is 25.1 Å². The quantitative estimate of drug-likeness (QED) is 0.683. The monoisotopic (exact) mass is 320 g/mol. The molecule has 0 radical (unpaired) electrons. The Balaban J connectivity index is 2.64. The van der Waals surface area contributed by atoms with Crippen LogP contribution < -0.4 is 10.0 Å². The Kier molecular flexibility index (Phi) is 6.60. The van der Waals surface area contributed by atoms with Crippen LogP contribution in [-0.2, 0) is 21.3 Å². The predicted octanol–water partition coefficient (Wildman–Crippen LogP) is 1.95. The van der Waals surface area contributed by atoms with E-state index in [2.05, 4.69) is 17.0 Å². The van der Waals surface area contributed by atoms with Crippen molar-refractivity contribution in [1.82, 2.24) is 10.0 Å². The Morgan fingerprint density at radius 3 is 2.65 bits per heavy atom. The molecule has 1 aromatic rings. The predicted molar refractivity (Wildman–Crippen MR) is 82.6 cm³/mol. The zero-order valence-electron chi connectivity index (χ0n) is 12.5. The van der Waals surface area contributed by atoms with Crippen molar-refractivity contribution in [3.8, 4) is 0 Å². The van der Waals surface area contributed by atoms with E-state index in [-0.39, 0.29) is 6.54 Å². The summed E-state index contributed by atoms with van der Waals surface area (Å²) < 4.78 is 32.5. The van der Waals surface area contributed by atoms with Gasteiger partial charge in [-0.05, 0) is 38.9 Å². The second-order valence-corrected chi connectivity index (χ2v) is 8.35. The van der Waals surface area contributed by atoms with Crippen LogP contribution in [0.15, 0.2) is 16.3 Å². The van der Waals surface area contributed by atoms with E-state index in [9.17, 15) is 8.42 Å². The summed E-state index contributed by atoms with van der Waals surface area (Å²) >= 11 is 1.29. The van der Waals surface area contributed by atoms with Gasteiger partial charge in [-0.15, -0.1) is 11.3 Å². The smallest absolute Gasteiger partial charge is 0.250 e. The van der Waals surface area contributed by atoms with Gasteiger partial charge in [0.25, 0.3) is 0 Å². The molecule has 0 spiro atoms. The van der Waals surface area contributed by atoms with E-state index in [4.69, 9.17) is 4.74 Å². The molecule has 0 aliphatic heterocycles. The Morgan fingerprint density at radius 2 is 2.05 bits per heavy atom. The maximum atomic E-state index is 12.2. The molecule has 0 amide bonds. The molecule has 0 aliphatic carbocycles. The number of ether oxygens (including phenoxy) is 1. The van der Waals surface area contributed by atoms with Crippen LogP contribution in [0.4, 0.5) is 0 Å². The zero-order chi connectivity index (χ0) is 15.2. The van der Waals surface area contributed by atoms with Gasteiger partial charge >= 0.3 is 0 Å². The topological polar surface area (TPSA) is 67.4 Å². The molecule has 5 nitrogen and oxygen atoms in total. The van der Waals surface area contributed by atoms with Crippen molar-refractivity contribution in [3.63, 3.8) is 0 Å². The molecule has 0 saturated heterocycles. The average Bonchev–Trinajstić information content (AvgIpc) is 2.87. The molecule has 7 heteroatoms. The van der Waals surface area contributed by atoms with Gasteiger partial charge in [0.05, 0.1) is 5.60 Å². The van der Waals surface area contributed by atoms with Crippen LogP contribution in [0.5, 0.6) is 0 Å². The van der Waals surface area contributed by atoms with Crippen LogP contribution in [-0.4, -0.2) is 34.2 Å². The lowest BCUT2D eigenvalue weighted by Gasteiger charge is -2.22. The fraction of sp³-hybridized carbons (Fsp3) is 0.692. The maximum Gasteiger partial charge on any atom is 0.250 e. The molecule has 0 saturated carbocycles. The third kappa shape index (κ3) is 5.49. The average molecular weight is 320 g/mol. The van der Waals surface area contributed by atoms with Gasteiger partial charge in [0.15, 0.2) is 0 Å². The van der Waals surface area contributed by atoms with Gasteiger partial charge in [-0.25, -0.2) is 13.1 Å². The van der Waals surface area contributed by atoms with Crippen molar-refractivity contribution in [3.05, 3.63) is 17.0 Å². The molecule has 0 aromatic carbocycles. The lowest BCUT2D eigenvalue weighted by Crippen LogP contribution is -2.39. The Morgan fingerprint density at radius 1 is 1.35 bits per heavy atom. The van der Waals surface area contributed by atoms with E-state index >= 15 is 0 Å². The molecule has 0 unspecified atom stereocenters. The summed E-state index contributed by atoms with van der Waals surface area (Å²) in [6.45, 7) is 7.65. The minimum Gasteiger partial charge on any atom is -0.377 e. The van der Waals surface area contributed by atoms with E-state index in [1.165, 1.54) is 11.3 Å². The second-order valence-electron chi connectivity index (χ2n) is 5.19. The first-order valence-corrected chi connectivity index (χ1v) is 8.95. The summed E-state index contributed by atoms with van der Waals surface area (Å²) in [6, 6.07) is 3.50. The molecular weight excluding hydrogens is 296 g/mol. The standard InChI is InChI=1S/C13H24N2O3S2/c1-5-8-14-9-11-6-7-12(19-11)20(16,17)15-10-13(2,3)18-4/h6-7,14-15H,5,8-10H2,1-4H3. The zero-order valence-corrected chi connectivity index (χ0v) is 14.2. The first-order chi connectivity index (χ1) is 9.30. The number of methoxy groups -OCH3 is 1. The van der Waals surface area contributed by atoms with Crippen molar-refractivity contribution in [1.29, 1.82) is 0 Å². The summed E-state index contributed by atoms with van der Waals surface area (Å²) in [4.78, 5) is 1.02. The second kappa shape index (κ2) is 7.51. The van der Waals surface area contributed by atoms with Crippen LogP contribution in [0.2, 0.25) is 0 Å². The van der Waals surface area contributed by atoms with E-state index in [0.29, 0.717) is 10.8 Å². The molecule has 116 valence electrons. The lowest BCUT2D eigenvalue weighted by molar-refractivity contribution is 0.0276. The minimum atomic E-state index is -3.45. The van der Waals surface area contributed by atoms with Crippen molar-refractivity contribution in [2.45, 2.75) is 43.5 Å². The number of hydrogen-bond donors (Lipinski definition) is 2. The third-order valence-corrected chi connectivity index (χ3v) is 5.85. The van der Waals surface area contributed by atoms with Crippen LogP contribution in [0.1, 0.15) is 32.1 Å². The van der Waals surface area contributed by atoms with Crippen molar-refractivity contribution in [2.75, 3.05) is 20.2 Å². The number of sulfonamides is 1. The largest absolute Gasteiger partial charge is 0.377 e. The highest BCUT2D eigenvalue weighted by atomic mass is 32.2. The highest BCUT2D eigenvalue weighted by molar-refractivity contribution is 7.91. The minimum absolute atomic E-state index is 0.243. The molecule has 0 fully saturated rings. The van der Waals surface area contributed by atoms with E-state index in [1.807, 2.05) is 19.9 Å². The lowest BCUT2D eigenvalue weighted by atomic mass is 10.1. The molecule has 2 N–H and O–H groups in total. The Bertz CT molecular complexity index is 509. The highest BCUT2D eigenvalue weighted by Gasteiger charge is 2.22. The molecule has 0 aliphatic rings. The molecule has 0 atom stereocenters. The first-order valence-electron chi connectivity index (χ1n) is 6.65. The highest BCUT2D eigenvalue weighted by Crippen LogP contribution is 2.21. The van der Waals surface area contributed by atoms with E-state index in [1.54, 1.807) is 13.2 Å². The molecule has 20 heavy (non-hydrogen) atoms. The Hall–Kier alpha value is -0.470. The van der Waals surface area contributed by atoms with Crippen LogP contribution >= 0.6 is 11.3 Å². The van der Waals surface area contributed by atoms with E-state index in [0.717, 1.165) is 17.8 Å². The van der Waals surface area contributed by atoms with Gasteiger partial charge in [0.1, 0.15) is 4.21 Å². The van der Waals surface area contributed by atoms with E-state index < -0.39 is 15.6 Å². The van der Waals surface area contributed by atoms with Crippen LogP contribution in [0.3, 0.4) is 0 Å². The van der Waals surface area contributed by atoms with Gasteiger partial charge in [-0.3, -0.25) is 0 Å². The first kappa shape index (κ1) is 17.6. The Labute approximate surface area is 125 Å². The summed E-state index contributed by atoms with van der Waals surface area (Å²) in [5, 5.41) is 3.26. The fourth-order valence-electron chi connectivity index (χ4n) is 1.40. The van der Waals surface area contributed by atoms with Crippen LogP contribution in [0.25, 0.3) is 0 Å². The molecular formula is C13H24N2O3S2. The molecule has 0 bridgehead atoms. The SMILES string of the molecule is CCCNCc1ccc(S(=O)(=O)NCC(C)(C)OC)s1. The van der Waals surface area contributed by atoms with Gasteiger partial charge < -0.3 is 10.1 Å². The summed E-state index contributed by atoms with van der Waals surface area (Å²) in [6.07, 6.45) is 1.06. The van der Waals surface area contributed by atoms with Crippen molar-refractivity contribution < 1.29 is 13.2 Å². The third-order valence-electron chi connectivity index (χ3n) is 2.87. The fourth-order valence-corrected chi connectivity index (χ4v) is 3.97. The molecule has 1 heterocycles. The maximum absolute atomic E-state index is 12.2. The van der Waals surface area contributed by atoms with Gasteiger partial charge in [-0.1, -0.05) is 6.92 Å².